The topological polar surface area (TPSA) is 53.4 Å². The molecule has 1 fully saturated rings. The van der Waals surface area contributed by atoms with E-state index in [1.54, 1.807) is 6.20 Å². The first-order valence-electron chi connectivity index (χ1n) is 6.87. The fraction of sp³-hybridized carbons (Fsp3) is 0.692. The molecule has 1 N–H and O–H groups in total. The minimum Gasteiger partial charge on any atom is -0.366 e. The first kappa shape index (κ1) is 15.5. The number of hydrogen-bond acceptors (Lipinski definition) is 5. The van der Waals surface area contributed by atoms with Crippen molar-refractivity contribution in [2.24, 2.45) is 0 Å². The number of rotatable bonds is 4. The maximum Gasteiger partial charge on any atom is 0.283 e. The van der Waals surface area contributed by atoms with Crippen molar-refractivity contribution < 1.29 is 0 Å². The van der Waals surface area contributed by atoms with Gasteiger partial charge in [0, 0.05) is 32.2 Å². The molecule has 2 heterocycles. The third-order valence-corrected chi connectivity index (χ3v) is 4.18. The minimum absolute atomic E-state index is 0.0597. The normalized spacial score (nSPS) is 19.6. The van der Waals surface area contributed by atoms with Crippen LogP contribution in [-0.4, -0.2) is 61.0 Å². The second kappa shape index (κ2) is 6.69. The summed E-state index contributed by atoms with van der Waals surface area (Å²) in [5.74, 6) is 0. The van der Waals surface area contributed by atoms with Gasteiger partial charge in [-0.25, -0.2) is 4.68 Å². The van der Waals surface area contributed by atoms with Crippen LogP contribution in [0.25, 0.3) is 0 Å². The molecule has 1 aromatic rings. The van der Waals surface area contributed by atoms with Crippen LogP contribution in [0.2, 0.25) is 0 Å². The third kappa shape index (κ3) is 3.59. The highest BCUT2D eigenvalue weighted by molar-refractivity contribution is 9.10. The van der Waals surface area contributed by atoms with Crippen LogP contribution in [0.15, 0.2) is 15.5 Å². The van der Waals surface area contributed by atoms with Crippen molar-refractivity contribution in [1.82, 2.24) is 20.0 Å². The largest absolute Gasteiger partial charge is 0.366 e. The standard InChI is InChI=1S/C13H22BrN5O/c1-10-9-18(5-4-15-10)11-8-16-19(7-6-17(2)3)13(20)12(11)14/h8,10,15H,4-7,9H2,1-3H3/t10-/m0/s1. The Balaban J connectivity index is 2.20. The predicted octanol–water partition coefficient (Wildman–Crippen LogP) is 0.366. The van der Waals surface area contributed by atoms with E-state index >= 15 is 0 Å². The highest BCUT2D eigenvalue weighted by Gasteiger charge is 2.20. The zero-order valence-corrected chi connectivity index (χ0v) is 13.9. The number of nitrogens with zero attached hydrogens (tertiary/aromatic N) is 4. The van der Waals surface area contributed by atoms with Gasteiger partial charge < -0.3 is 15.1 Å². The van der Waals surface area contributed by atoms with Crippen LogP contribution in [0.4, 0.5) is 5.69 Å². The van der Waals surface area contributed by atoms with Crippen LogP contribution in [-0.2, 0) is 6.54 Å². The monoisotopic (exact) mass is 343 g/mol. The molecule has 0 spiro atoms. The molecule has 0 radical (unpaired) electrons. The molecule has 0 saturated carbocycles. The quantitative estimate of drug-likeness (QED) is 0.855. The molecule has 1 aromatic heterocycles. The second-order valence-electron chi connectivity index (χ2n) is 5.48. The van der Waals surface area contributed by atoms with E-state index in [4.69, 9.17) is 0 Å². The Morgan fingerprint density at radius 3 is 2.95 bits per heavy atom. The van der Waals surface area contributed by atoms with E-state index in [1.807, 2.05) is 19.0 Å². The van der Waals surface area contributed by atoms with Crippen molar-refractivity contribution in [2.45, 2.75) is 19.5 Å². The second-order valence-corrected chi connectivity index (χ2v) is 6.27. The Morgan fingerprint density at radius 2 is 2.30 bits per heavy atom. The molecule has 0 aromatic carbocycles. The molecule has 1 saturated heterocycles. The molecule has 1 atom stereocenters. The summed E-state index contributed by atoms with van der Waals surface area (Å²) in [6.07, 6.45) is 1.79. The minimum atomic E-state index is -0.0597. The molecule has 0 aliphatic carbocycles. The molecular weight excluding hydrogens is 322 g/mol. The van der Waals surface area contributed by atoms with Gasteiger partial charge in [-0.3, -0.25) is 4.79 Å². The predicted molar refractivity (Wildman–Crippen MR) is 84.4 cm³/mol. The van der Waals surface area contributed by atoms with Gasteiger partial charge in [-0.15, -0.1) is 0 Å². The van der Waals surface area contributed by atoms with Crippen molar-refractivity contribution in [3.63, 3.8) is 0 Å². The molecule has 1 aliphatic heterocycles. The van der Waals surface area contributed by atoms with Gasteiger partial charge >= 0.3 is 0 Å². The highest BCUT2D eigenvalue weighted by Crippen LogP contribution is 2.22. The van der Waals surface area contributed by atoms with E-state index in [9.17, 15) is 4.79 Å². The van der Waals surface area contributed by atoms with Gasteiger partial charge in [-0.05, 0) is 36.9 Å². The molecule has 0 bridgehead atoms. The Kier molecular flexibility index (Phi) is 5.17. The molecule has 0 amide bonds. The average molecular weight is 344 g/mol. The molecule has 20 heavy (non-hydrogen) atoms. The van der Waals surface area contributed by atoms with Crippen molar-refractivity contribution >= 4 is 21.6 Å². The Bertz CT molecular complexity index is 516. The molecular formula is C13H22BrN5O. The van der Waals surface area contributed by atoms with E-state index < -0.39 is 0 Å². The van der Waals surface area contributed by atoms with Crippen molar-refractivity contribution in [3.05, 3.63) is 21.0 Å². The van der Waals surface area contributed by atoms with Crippen molar-refractivity contribution in [3.8, 4) is 0 Å². The Morgan fingerprint density at radius 1 is 1.55 bits per heavy atom. The van der Waals surface area contributed by atoms with Crippen LogP contribution in [0.3, 0.4) is 0 Å². The number of anilines is 1. The SMILES string of the molecule is C[C@H]1CN(c2cnn(CCN(C)C)c(=O)c2Br)CCN1. The van der Waals surface area contributed by atoms with Gasteiger partial charge in [0.05, 0.1) is 18.4 Å². The average Bonchev–Trinajstić information content (AvgIpc) is 2.40. The van der Waals surface area contributed by atoms with E-state index in [-0.39, 0.29) is 5.56 Å². The van der Waals surface area contributed by atoms with Crippen LogP contribution < -0.4 is 15.8 Å². The number of nitrogens with one attached hydrogen (secondary N) is 1. The summed E-state index contributed by atoms with van der Waals surface area (Å²) < 4.78 is 2.12. The van der Waals surface area contributed by atoms with Crippen LogP contribution in [0, 0.1) is 0 Å². The van der Waals surface area contributed by atoms with Gasteiger partial charge in [0.15, 0.2) is 0 Å². The van der Waals surface area contributed by atoms with Crippen LogP contribution in [0.1, 0.15) is 6.92 Å². The van der Waals surface area contributed by atoms with E-state index in [1.165, 1.54) is 4.68 Å². The lowest BCUT2D eigenvalue weighted by Crippen LogP contribution is -2.49. The molecule has 1 aliphatic rings. The highest BCUT2D eigenvalue weighted by atomic mass is 79.9. The van der Waals surface area contributed by atoms with Gasteiger partial charge in [0.25, 0.3) is 5.56 Å². The fourth-order valence-electron chi connectivity index (χ4n) is 2.28. The summed E-state index contributed by atoms with van der Waals surface area (Å²) in [5.41, 5.74) is 0.833. The van der Waals surface area contributed by atoms with E-state index in [0.717, 1.165) is 31.9 Å². The summed E-state index contributed by atoms with van der Waals surface area (Å²) >= 11 is 3.44. The van der Waals surface area contributed by atoms with Crippen LogP contribution >= 0.6 is 15.9 Å². The van der Waals surface area contributed by atoms with Crippen molar-refractivity contribution in [2.75, 3.05) is 45.2 Å². The lowest BCUT2D eigenvalue weighted by molar-refractivity contribution is 0.367. The molecule has 112 valence electrons. The smallest absolute Gasteiger partial charge is 0.283 e. The summed E-state index contributed by atoms with van der Waals surface area (Å²) in [4.78, 5) is 16.6. The maximum absolute atomic E-state index is 12.3. The first-order valence-corrected chi connectivity index (χ1v) is 7.67. The summed E-state index contributed by atoms with van der Waals surface area (Å²) in [5, 5.41) is 7.69. The van der Waals surface area contributed by atoms with Gasteiger partial charge in [0.1, 0.15) is 4.47 Å². The molecule has 2 rings (SSSR count). The first-order chi connectivity index (χ1) is 9.49. The number of aromatic nitrogens is 2. The number of hydrogen-bond donors (Lipinski definition) is 1. The Hall–Kier alpha value is -0.920. The van der Waals surface area contributed by atoms with Gasteiger partial charge in [-0.2, -0.15) is 5.10 Å². The van der Waals surface area contributed by atoms with Gasteiger partial charge in [-0.1, -0.05) is 0 Å². The lowest BCUT2D eigenvalue weighted by Gasteiger charge is -2.33. The molecule has 0 unspecified atom stereocenters. The molecule has 6 nitrogen and oxygen atoms in total. The van der Waals surface area contributed by atoms with Gasteiger partial charge in [0.2, 0.25) is 0 Å². The number of likely N-dealkylation sites (N-methyl/N-ethyl adjacent to an activating group) is 1. The third-order valence-electron chi connectivity index (χ3n) is 3.43. The van der Waals surface area contributed by atoms with E-state index in [0.29, 0.717) is 17.1 Å². The zero-order valence-electron chi connectivity index (χ0n) is 12.3. The maximum atomic E-state index is 12.3. The zero-order chi connectivity index (χ0) is 14.7. The lowest BCUT2D eigenvalue weighted by atomic mass is 10.2. The van der Waals surface area contributed by atoms with E-state index in [2.05, 4.69) is 38.2 Å². The summed E-state index contributed by atoms with van der Waals surface area (Å²) in [6.45, 7) is 6.25. The number of halogens is 1. The number of piperazine rings is 1. The Labute approximate surface area is 127 Å². The molecule has 7 heteroatoms. The summed E-state index contributed by atoms with van der Waals surface area (Å²) in [7, 11) is 3.97. The van der Waals surface area contributed by atoms with Crippen LogP contribution in [0.5, 0.6) is 0 Å². The fourth-order valence-corrected chi connectivity index (χ4v) is 2.84. The van der Waals surface area contributed by atoms with Crippen molar-refractivity contribution in [1.29, 1.82) is 0 Å². The summed E-state index contributed by atoms with van der Waals surface area (Å²) in [6, 6.07) is 0.423.